The maximum absolute atomic E-state index is 13.7. The topological polar surface area (TPSA) is 129 Å². The molecule has 0 aliphatic heterocycles. The second-order valence-corrected chi connectivity index (χ2v) is 11.1. The first-order valence-electron chi connectivity index (χ1n) is 11.1. The van der Waals surface area contributed by atoms with E-state index in [1.165, 1.54) is 19.4 Å². The van der Waals surface area contributed by atoms with Crippen LogP contribution in [0.2, 0.25) is 0 Å². The number of carbonyl (C=O) groups is 1. The number of halogens is 3. The Morgan fingerprint density at radius 2 is 1.92 bits per heavy atom. The van der Waals surface area contributed by atoms with E-state index >= 15 is 0 Å². The Labute approximate surface area is 207 Å². The van der Waals surface area contributed by atoms with Gasteiger partial charge >= 0.3 is 12.3 Å². The predicted octanol–water partition coefficient (Wildman–Crippen LogP) is 4.73. The van der Waals surface area contributed by atoms with Gasteiger partial charge in [0.1, 0.15) is 5.54 Å². The Morgan fingerprint density at radius 1 is 1.22 bits per heavy atom. The van der Waals surface area contributed by atoms with Gasteiger partial charge in [-0.1, -0.05) is 6.07 Å². The van der Waals surface area contributed by atoms with Gasteiger partial charge in [0.2, 0.25) is 0 Å². The van der Waals surface area contributed by atoms with Gasteiger partial charge in [0.25, 0.3) is 0 Å². The van der Waals surface area contributed by atoms with Gasteiger partial charge in [-0.3, -0.25) is 4.98 Å². The molecular weight excluding hydrogens is 499 g/mol. The van der Waals surface area contributed by atoms with E-state index in [2.05, 4.69) is 10.3 Å². The van der Waals surface area contributed by atoms with E-state index in [1.807, 2.05) is 6.07 Å². The number of benzene rings is 1. The molecule has 8 nitrogen and oxygen atoms in total. The van der Waals surface area contributed by atoms with Crippen molar-refractivity contribution >= 4 is 15.9 Å². The molecule has 0 radical (unpaired) electrons. The molecule has 1 heterocycles. The van der Waals surface area contributed by atoms with Crippen molar-refractivity contribution in [2.75, 3.05) is 7.11 Å². The monoisotopic (exact) mass is 525 g/mol. The first-order chi connectivity index (χ1) is 16.8. The number of carboxylic acid groups (broad SMARTS) is 1. The number of alkyl halides is 3. The molecule has 0 bridgehead atoms. The van der Waals surface area contributed by atoms with Gasteiger partial charge in [0.05, 0.1) is 27.9 Å². The number of rotatable bonds is 5. The van der Waals surface area contributed by atoms with E-state index in [4.69, 9.17) is 15.1 Å². The van der Waals surface area contributed by atoms with E-state index in [0.29, 0.717) is 31.2 Å². The Balaban J connectivity index is 0.000000338. The number of methoxy groups -OCH3 is 1. The molecule has 1 amide bonds. The zero-order valence-electron chi connectivity index (χ0n) is 19.7. The fourth-order valence-corrected chi connectivity index (χ4v) is 6.08. The number of pyridine rings is 1. The van der Waals surface area contributed by atoms with Gasteiger partial charge in [-0.2, -0.15) is 18.4 Å². The number of ether oxygens (including phenoxy) is 1. The number of hydrogen-bond acceptors (Lipinski definition) is 6. The average molecular weight is 526 g/mol. The van der Waals surface area contributed by atoms with Crippen LogP contribution in [-0.2, 0) is 20.8 Å². The van der Waals surface area contributed by atoms with E-state index in [9.17, 15) is 26.4 Å². The number of nitrogens with zero attached hydrogens (tertiary/aromatic N) is 2. The maximum Gasteiger partial charge on any atom is 0.417 e. The van der Waals surface area contributed by atoms with Crippen LogP contribution in [-0.4, -0.2) is 48.6 Å². The Kier molecular flexibility index (Phi) is 7.95. The summed E-state index contributed by atoms with van der Waals surface area (Å²) in [5, 5.41) is 17.8. The molecule has 2 saturated carbocycles. The lowest BCUT2D eigenvalue weighted by molar-refractivity contribution is -0.139. The summed E-state index contributed by atoms with van der Waals surface area (Å²) in [6, 6.07) is 6.96. The van der Waals surface area contributed by atoms with Crippen LogP contribution < -0.4 is 5.32 Å². The largest absolute Gasteiger partial charge is 0.465 e. The highest BCUT2D eigenvalue weighted by molar-refractivity contribution is 7.92. The third kappa shape index (κ3) is 6.33. The van der Waals surface area contributed by atoms with E-state index < -0.39 is 43.4 Å². The summed E-state index contributed by atoms with van der Waals surface area (Å²) in [5.74, 6) is 0. The van der Waals surface area contributed by atoms with Crippen molar-refractivity contribution in [1.29, 1.82) is 5.26 Å². The third-order valence-corrected chi connectivity index (χ3v) is 8.49. The van der Waals surface area contributed by atoms with E-state index in [-0.39, 0.29) is 18.1 Å². The van der Waals surface area contributed by atoms with Gasteiger partial charge in [0.15, 0.2) is 9.84 Å². The molecule has 12 heteroatoms. The molecule has 0 saturated heterocycles. The van der Waals surface area contributed by atoms with Crippen molar-refractivity contribution in [2.45, 2.75) is 67.0 Å². The highest BCUT2D eigenvalue weighted by Gasteiger charge is 2.45. The van der Waals surface area contributed by atoms with Crippen LogP contribution in [0.5, 0.6) is 0 Å². The molecule has 2 aromatic rings. The first kappa shape index (κ1) is 27.4. The fourth-order valence-electron chi connectivity index (χ4n) is 4.06. The van der Waals surface area contributed by atoms with Crippen LogP contribution in [0.3, 0.4) is 0 Å². The molecule has 2 atom stereocenters. The van der Waals surface area contributed by atoms with Crippen molar-refractivity contribution in [2.24, 2.45) is 0 Å². The zero-order chi connectivity index (χ0) is 26.7. The number of sulfone groups is 1. The Bertz CT molecular complexity index is 1270. The molecule has 194 valence electrons. The van der Waals surface area contributed by atoms with Crippen LogP contribution in [0, 0.1) is 18.3 Å². The summed E-state index contributed by atoms with van der Waals surface area (Å²) in [4.78, 5) is 13.3. The molecule has 0 unspecified atom stereocenters. The fraction of sp³-hybridized carbons (Fsp3) is 0.458. The summed E-state index contributed by atoms with van der Waals surface area (Å²) in [7, 11) is -2.64. The van der Waals surface area contributed by atoms with Crippen molar-refractivity contribution < 1.29 is 36.2 Å². The second kappa shape index (κ2) is 10.4. The Hall–Kier alpha value is -3.17. The average Bonchev–Trinajstić information content (AvgIpc) is 3.40. The van der Waals surface area contributed by atoms with E-state index in [0.717, 1.165) is 17.7 Å². The number of nitriles is 1. The molecule has 2 aliphatic carbocycles. The van der Waals surface area contributed by atoms with Crippen LogP contribution in [0.4, 0.5) is 18.0 Å². The van der Waals surface area contributed by atoms with Crippen LogP contribution in [0.1, 0.15) is 43.2 Å². The molecular formula is C24H26F3N3O5S. The molecule has 4 rings (SSSR count). The van der Waals surface area contributed by atoms with E-state index in [1.54, 1.807) is 19.2 Å². The number of amides is 1. The Morgan fingerprint density at radius 3 is 2.39 bits per heavy atom. The highest BCUT2D eigenvalue weighted by atomic mass is 32.2. The SMILES string of the molecule is CO[C@H]1CC[C@H](S(=O)(=O)c2ccc(-c3cncc(C)c3)cc2C(F)(F)F)C1.N#CC1(NC(=O)O)CC1. The quantitative estimate of drug-likeness (QED) is 0.577. The van der Waals surface area contributed by atoms with Crippen molar-refractivity contribution in [3.8, 4) is 17.2 Å². The predicted molar refractivity (Wildman–Crippen MR) is 124 cm³/mol. The van der Waals surface area contributed by atoms with Crippen molar-refractivity contribution in [3.63, 3.8) is 0 Å². The molecule has 2 aliphatic rings. The summed E-state index contributed by atoms with van der Waals surface area (Å²) in [5.41, 5.74) is -0.286. The lowest BCUT2D eigenvalue weighted by Crippen LogP contribution is -2.33. The second-order valence-electron chi connectivity index (χ2n) is 8.92. The minimum Gasteiger partial charge on any atom is -0.465 e. The van der Waals surface area contributed by atoms with Gasteiger partial charge in [0, 0.05) is 25.1 Å². The highest BCUT2D eigenvalue weighted by Crippen LogP contribution is 2.40. The van der Waals surface area contributed by atoms with Crippen molar-refractivity contribution in [3.05, 3.63) is 47.8 Å². The van der Waals surface area contributed by atoms with Gasteiger partial charge in [-0.05, 0) is 68.4 Å². The molecule has 36 heavy (non-hydrogen) atoms. The molecule has 2 fully saturated rings. The number of aromatic nitrogens is 1. The summed E-state index contributed by atoms with van der Waals surface area (Å²) >= 11 is 0. The van der Waals surface area contributed by atoms with Gasteiger partial charge < -0.3 is 15.2 Å². The van der Waals surface area contributed by atoms with Crippen molar-refractivity contribution in [1.82, 2.24) is 10.3 Å². The molecule has 2 N–H and O–H groups in total. The number of nitrogens with one attached hydrogen (secondary N) is 1. The van der Waals surface area contributed by atoms with Crippen LogP contribution in [0.25, 0.3) is 11.1 Å². The molecule has 1 aromatic heterocycles. The molecule has 1 aromatic carbocycles. The minimum atomic E-state index is -4.78. The lowest BCUT2D eigenvalue weighted by atomic mass is 10.0. The normalized spacial score (nSPS) is 20.6. The van der Waals surface area contributed by atoms with Crippen LogP contribution in [0.15, 0.2) is 41.6 Å². The lowest BCUT2D eigenvalue weighted by Gasteiger charge is -2.18. The minimum absolute atomic E-state index is 0.208. The van der Waals surface area contributed by atoms with Crippen LogP contribution >= 0.6 is 0 Å². The first-order valence-corrected chi connectivity index (χ1v) is 12.7. The standard InChI is InChI=1S/C19H20F3NO3S.C5H6N2O2/c1-12-7-14(11-23-10-12)13-3-6-18(17(8-13)19(20,21)22)27(24,25)16-5-4-15(9-16)26-2;6-3-5(1-2-5)7-4(8)9/h3,6-8,10-11,15-16H,4-5,9H2,1-2H3;7H,1-2H2,(H,8,9)/t15-,16-;/m0./s1. The number of aryl methyl sites for hydroxylation is 1. The third-order valence-electron chi connectivity index (χ3n) is 6.22. The maximum atomic E-state index is 13.7. The summed E-state index contributed by atoms with van der Waals surface area (Å²) in [6.07, 6.45) is -0.766. The summed E-state index contributed by atoms with van der Waals surface area (Å²) < 4.78 is 72.0. The smallest absolute Gasteiger partial charge is 0.417 e. The summed E-state index contributed by atoms with van der Waals surface area (Å²) in [6.45, 7) is 1.78. The molecule has 0 spiro atoms. The number of hydrogen-bond donors (Lipinski definition) is 2. The van der Waals surface area contributed by atoms with Gasteiger partial charge in [-0.15, -0.1) is 0 Å². The van der Waals surface area contributed by atoms with Gasteiger partial charge in [-0.25, -0.2) is 13.2 Å². The zero-order valence-corrected chi connectivity index (χ0v) is 20.5.